The number of carboxylic acid groups (broad SMARTS) is 1. The summed E-state index contributed by atoms with van der Waals surface area (Å²) in [5.74, 6) is -3.63. The first kappa shape index (κ1) is 21.8. The van der Waals surface area contributed by atoms with E-state index in [0.717, 1.165) is 32.1 Å². The summed E-state index contributed by atoms with van der Waals surface area (Å²) in [6, 6.07) is -0.863. The highest BCUT2D eigenvalue weighted by Gasteiger charge is 2.76. The number of aliphatic hydroxyl groups is 1. The van der Waals surface area contributed by atoms with Crippen molar-refractivity contribution in [2.24, 2.45) is 11.8 Å². The molecule has 4 rings (SSSR count). The first-order valence-electron chi connectivity index (χ1n) is 10.7. The van der Waals surface area contributed by atoms with Crippen LogP contribution in [0.2, 0.25) is 0 Å². The van der Waals surface area contributed by atoms with Crippen LogP contribution in [0.15, 0.2) is 12.7 Å². The van der Waals surface area contributed by atoms with Crippen molar-refractivity contribution in [1.29, 1.82) is 0 Å². The molecule has 1 saturated carbocycles. The van der Waals surface area contributed by atoms with Gasteiger partial charge in [-0.05, 0) is 19.3 Å². The zero-order valence-electron chi connectivity index (χ0n) is 16.9. The monoisotopic (exact) mass is 484 g/mol. The van der Waals surface area contributed by atoms with E-state index in [-0.39, 0.29) is 29.9 Å². The molecule has 8 nitrogen and oxygen atoms in total. The van der Waals surface area contributed by atoms with Gasteiger partial charge in [-0.25, -0.2) is 0 Å². The number of β-amino-alcohol motifs (C(OH)–C–C–N with tert-alkyl or cyclic N) is 1. The number of nitrogens with zero attached hydrogens (tertiary/aromatic N) is 2. The molecule has 3 aliphatic heterocycles. The van der Waals surface area contributed by atoms with Gasteiger partial charge in [0.2, 0.25) is 11.8 Å². The lowest BCUT2D eigenvalue weighted by molar-refractivity contribution is -0.152. The molecule has 4 fully saturated rings. The van der Waals surface area contributed by atoms with E-state index in [0.29, 0.717) is 13.0 Å². The van der Waals surface area contributed by atoms with Gasteiger partial charge in [0, 0.05) is 24.0 Å². The zero-order chi connectivity index (χ0) is 21.6. The first-order chi connectivity index (χ1) is 14.4. The van der Waals surface area contributed by atoms with Crippen LogP contribution in [0.3, 0.4) is 0 Å². The summed E-state index contributed by atoms with van der Waals surface area (Å²) in [5, 5.41) is 19.4. The van der Waals surface area contributed by atoms with E-state index in [9.17, 15) is 24.6 Å². The topological polar surface area (TPSA) is 107 Å². The minimum atomic E-state index is -1.18. The SMILES string of the molecule is C=CCN(C(=O)C1N(CCO)C(=O)[C@@H]2[C@@H](C(=O)O)[C@@H]3OC12CC3Br)C1CCCCC1. The number of amides is 2. The fourth-order valence-electron chi connectivity index (χ4n) is 6.15. The largest absolute Gasteiger partial charge is 0.481 e. The summed E-state index contributed by atoms with van der Waals surface area (Å²) in [6.45, 7) is 3.85. The molecule has 30 heavy (non-hydrogen) atoms. The number of rotatable bonds is 7. The Hall–Kier alpha value is -1.45. The van der Waals surface area contributed by atoms with Crippen molar-refractivity contribution in [3.63, 3.8) is 0 Å². The van der Waals surface area contributed by atoms with Gasteiger partial charge in [-0.2, -0.15) is 0 Å². The van der Waals surface area contributed by atoms with Gasteiger partial charge in [0.15, 0.2) is 0 Å². The number of fused-ring (bicyclic) bond motifs is 1. The molecular formula is C21H29BrN2O6. The normalized spacial score (nSPS) is 38.0. The Morgan fingerprint density at radius 3 is 2.63 bits per heavy atom. The molecule has 2 N–H and O–H groups in total. The number of carbonyl (C=O) groups excluding carboxylic acids is 2. The first-order valence-corrected chi connectivity index (χ1v) is 11.7. The van der Waals surface area contributed by atoms with Crippen molar-refractivity contribution in [2.75, 3.05) is 19.7 Å². The lowest BCUT2D eigenvalue weighted by atomic mass is 9.70. The van der Waals surface area contributed by atoms with Crippen LogP contribution in [-0.2, 0) is 19.1 Å². The molecule has 0 aromatic carbocycles. The van der Waals surface area contributed by atoms with Gasteiger partial charge < -0.3 is 24.7 Å². The summed E-state index contributed by atoms with van der Waals surface area (Å²) >= 11 is 3.53. The minimum Gasteiger partial charge on any atom is -0.481 e. The maximum Gasteiger partial charge on any atom is 0.310 e. The fraction of sp³-hybridized carbons (Fsp3) is 0.762. The second-order valence-electron chi connectivity index (χ2n) is 8.83. The lowest BCUT2D eigenvalue weighted by Crippen LogP contribution is -2.59. The lowest BCUT2D eigenvalue weighted by Gasteiger charge is -2.40. The molecule has 3 saturated heterocycles. The van der Waals surface area contributed by atoms with Crippen molar-refractivity contribution >= 4 is 33.7 Å². The Labute approximate surface area is 184 Å². The van der Waals surface area contributed by atoms with E-state index in [4.69, 9.17) is 4.74 Å². The highest BCUT2D eigenvalue weighted by atomic mass is 79.9. The van der Waals surface area contributed by atoms with E-state index >= 15 is 0 Å². The molecule has 1 spiro atoms. The van der Waals surface area contributed by atoms with Gasteiger partial charge in [-0.3, -0.25) is 14.4 Å². The van der Waals surface area contributed by atoms with Gasteiger partial charge in [0.25, 0.3) is 0 Å². The average molecular weight is 485 g/mol. The van der Waals surface area contributed by atoms with Crippen molar-refractivity contribution in [1.82, 2.24) is 9.80 Å². The Bertz CT molecular complexity index is 741. The van der Waals surface area contributed by atoms with Crippen LogP contribution in [0.25, 0.3) is 0 Å². The van der Waals surface area contributed by atoms with Crippen LogP contribution in [-0.4, -0.2) is 86.1 Å². The fourth-order valence-corrected chi connectivity index (χ4v) is 7.09. The molecule has 6 atom stereocenters. The number of aliphatic carboxylic acids is 1. The Morgan fingerprint density at radius 2 is 2.03 bits per heavy atom. The van der Waals surface area contributed by atoms with Crippen LogP contribution in [0.4, 0.5) is 0 Å². The molecule has 1 aliphatic carbocycles. The standard InChI is InChI=1S/C21H29BrN2O6/c1-2-8-23(12-6-4-3-5-7-12)19(27)17-21-11-13(22)16(30-21)14(20(28)29)15(21)18(26)24(17)9-10-25/h2,12-17,25H,1,3-11H2,(H,28,29)/t13?,14-,15+,16-,17?,21?/m1/s1. The van der Waals surface area contributed by atoms with Crippen molar-refractivity contribution < 1.29 is 29.3 Å². The Kier molecular flexibility index (Phi) is 5.98. The Balaban J connectivity index is 1.74. The third-order valence-electron chi connectivity index (χ3n) is 7.27. The summed E-state index contributed by atoms with van der Waals surface area (Å²) in [5.41, 5.74) is -1.18. The minimum absolute atomic E-state index is 0.0204. The third kappa shape index (κ3) is 3.12. The molecule has 3 unspecified atom stereocenters. The summed E-state index contributed by atoms with van der Waals surface area (Å²) in [4.78, 5) is 42.2. The molecule has 166 valence electrons. The molecule has 2 amide bonds. The highest BCUT2D eigenvalue weighted by Crippen LogP contribution is 2.60. The van der Waals surface area contributed by atoms with Gasteiger partial charge in [-0.1, -0.05) is 41.3 Å². The predicted octanol–water partition coefficient (Wildman–Crippen LogP) is 1.16. The van der Waals surface area contributed by atoms with Gasteiger partial charge in [-0.15, -0.1) is 6.58 Å². The number of carbonyl (C=O) groups is 3. The zero-order valence-corrected chi connectivity index (χ0v) is 18.5. The second-order valence-corrected chi connectivity index (χ2v) is 10.0. The quantitative estimate of drug-likeness (QED) is 0.414. The number of halogens is 1. The van der Waals surface area contributed by atoms with Gasteiger partial charge in [0.05, 0.1) is 24.5 Å². The third-order valence-corrected chi connectivity index (χ3v) is 8.12. The van der Waals surface area contributed by atoms with Crippen LogP contribution >= 0.6 is 15.9 Å². The van der Waals surface area contributed by atoms with E-state index in [1.54, 1.807) is 11.0 Å². The molecule has 4 aliphatic rings. The molecular weight excluding hydrogens is 456 g/mol. The van der Waals surface area contributed by atoms with E-state index in [1.165, 1.54) is 4.90 Å². The number of likely N-dealkylation sites (tertiary alicyclic amines) is 1. The maximum absolute atomic E-state index is 13.9. The van der Waals surface area contributed by atoms with E-state index in [2.05, 4.69) is 22.5 Å². The summed E-state index contributed by atoms with van der Waals surface area (Å²) < 4.78 is 6.22. The number of ether oxygens (including phenoxy) is 1. The molecule has 0 radical (unpaired) electrons. The van der Waals surface area contributed by atoms with Crippen molar-refractivity contribution in [2.45, 2.75) is 67.1 Å². The van der Waals surface area contributed by atoms with Crippen LogP contribution in [0.1, 0.15) is 38.5 Å². The van der Waals surface area contributed by atoms with Gasteiger partial charge in [0.1, 0.15) is 11.6 Å². The van der Waals surface area contributed by atoms with Crippen LogP contribution < -0.4 is 0 Å². The number of alkyl halides is 1. The van der Waals surface area contributed by atoms with E-state index in [1.807, 2.05) is 0 Å². The smallest absolute Gasteiger partial charge is 0.310 e. The Morgan fingerprint density at radius 1 is 1.33 bits per heavy atom. The van der Waals surface area contributed by atoms with Gasteiger partial charge >= 0.3 is 5.97 Å². The van der Waals surface area contributed by atoms with Crippen molar-refractivity contribution in [3.05, 3.63) is 12.7 Å². The highest BCUT2D eigenvalue weighted by molar-refractivity contribution is 9.09. The predicted molar refractivity (Wildman–Crippen MR) is 111 cm³/mol. The van der Waals surface area contributed by atoms with Crippen LogP contribution in [0.5, 0.6) is 0 Å². The number of hydrogen-bond acceptors (Lipinski definition) is 5. The molecule has 0 aromatic heterocycles. The summed E-state index contributed by atoms with van der Waals surface area (Å²) in [7, 11) is 0. The second kappa shape index (κ2) is 8.24. The van der Waals surface area contributed by atoms with E-state index < -0.39 is 41.5 Å². The molecule has 2 bridgehead atoms. The number of hydrogen-bond donors (Lipinski definition) is 2. The summed E-state index contributed by atoms with van der Waals surface area (Å²) in [6.07, 6.45) is 6.48. The average Bonchev–Trinajstić information content (AvgIpc) is 3.31. The number of carboxylic acids is 1. The molecule has 9 heteroatoms. The molecule has 3 heterocycles. The maximum atomic E-state index is 13.9. The van der Waals surface area contributed by atoms with Crippen molar-refractivity contribution in [3.8, 4) is 0 Å². The number of aliphatic hydroxyl groups excluding tert-OH is 1. The van der Waals surface area contributed by atoms with Crippen LogP contribution in [0, 0.1) is 11.8 Å². The molecule has 0 aromatic rings.